The van der Waals surface area contributed by atoms with Crippen LogP contribution in [0.1, 0.15) is 93.6 Å². The zero-order valence-electron chi connectivity index (χ0n) is 19.9. The molecule has 0 bridgehead atoms. The van der Waals surface area contributed by atoms with Crippen LogP contribution in [-0.2, 0) is 0 Å². The van der Waals surface area contributed by atoms with Crippen LogP contribution in [0.4, 0.5) is 0 Å². The summed E-state index contributed by atoms with van der Waals surface area (Å²) >= 11 is 0. The minimum Gasteiger partial charge on any atom is -0.0651 e. The Balaban J connectivity index is 2.88. The Hall–Kier alpha value is -0.563. The van der Waals surface area contributed by atoms with Crippen molar-refractivity contribution in [2.24, 2.45) is 16.7 Å². The molecule has 0 radical (unpaired) electrons. The molecule has 1 rings (SSSR count). The maximum Gasteiger partial charge on any atom is 0.0859 e. The van der Waals surface area contributed by atoms with E-state index in [9.17, 15) is 0 Å². The maximum atomic E-state index is 2.50. The summed E-state index contributed by atoms with van der Waals surface area (Å²) in [6.45, 7) is 29.1. The Bertz CT molecular complexity index is 564. The van der Waals surface area contributed by atoms with Crippen molar-refractivity contribution in [1.82, 2.24) is 0 Å². The summed E-state index contributed by atoms with van der Waals surface area (Å²) in [7, 11) is -1.43. The van der Waals surface area contributed by atoms with Crippen molar-refractivity contribution >= 4 is 13.3 Å². The van der Waals surface area contributed by atoms with Gasteiger partial charge in [0.05, 0.1) is 8.07 Å². The van der Waals surface area contributed by atoms with Gasteiger partial charge in [0.15, 0.2) is 0 Å². The summed E-state index contributed by atoms with van der Waals surface area (Å²) < 4.78 is 0. The predicted octanol–water partition coefficient (Wildman–Crippen LogP) is 7.99. The molecule has 0 saturated carbocycles. The Morgan fingerprint density at radius 1 is 0.808 bits per heavy atom. The fourth-order valence-corrected chi connectivity index (χ4v) is 6.05. The fraction of sp³-hybridized carbons (Fsp3) is 0.760. The van der Waals surface area contributed by atoms with Crippen molar-refractivity contribution in [3.05, 3.63) is 29.8 Å². The van der Waals surface area contributed by atoms with Gasteiger partial charge in [-0.05, 0) is 46.1 Å². The van der Waals surface area contributed by atoms with Gasteiger partial charge in [-0.25, -0.2) is 0 Å². The van der Waals surface area contributed by atoms with E-state index in [0.717, 1.165) is 5.92 Å². The molecule has 1 heteroatoms. The largest absolute Gasteiger partial charge is 0.0859 e. The van der Waals surface area contributed by atoms with Gasteiger partial charge in [0.25, 0.3) is 0 Å². The molecule has 2 unspecified atom stereocenters. The van der Waals surface area contributed by atoms with Crippen LogP contribution in [0.2, 0.25) is 18.1 Å². The highest BCUT2D eigenvalue weighted by Crippen LogP contribution is 2.42. The molecule has 150 valence electrons. The summed E-state index contributed by atoms with van der Waals surface area (Å²) in [6, 6.07) is 9.66. The monoisotopic (exact) mass is 374 g/mol. The van der Waals surface area contributed by atoms with E-state index in [2.05, 4.69) is 107 Å². The first-order valence-electron chi connectivity index (χ1n) is 10.6. The topological polar surface area (TPSA) is 0 Å². The molecule has 1 aromatic carbocycles. The smallest absolute Gasteiger partial charge is 0.0651 e. The second kappa shape index (κ2) is 7.82. The predicted molar refractivity (Wildman–Crippen MR) is 123 cm³/mol. The molecule has 0 aliphatic carbocycles. The maximum absolute atomic E-state index is 2.50. The summed E-state index contributed by atoms with van der Waals surface area (Å²) in [4.78, 5) is 0. The number of rotatable bonds is 6. The van der Waals surface area contributed by atoms with E-state index in [0.29, 0.717) is 21.8 Å². The molecule has 0 aliphatic rings. The Kier molecular flexibility index (Phi) is 7.06. The van der Waals surface area contributed by atoms with Crippen LogP contribution in [0, 0.1) is 16.7 Å². The molecular formula is C25H46Si. The average molecular weight is 375 g/mol. The summed E-state index contributed by atoms with van der Waals surface area (Å²) in [5, 5.41) is 1.98. The highest BCUT2D eigenvalue weighted by atomic mass is 28.3. The molecule has 0 amide bonds. The highest BCUT2D eigenvalue weighted by molar-refractivity contribution is 6.92. The molecule has 0 aliphatic heterocycles. The first-order valence-corrected chi connectivity index (χ1v) is 13.6. The summed E-state index contributed by atoms with van der Waals surface area (Å²) in [6.07, 6.45) is 2.54. The summed E-state index contributed by atoms with van der Waals surface area (Å²) in [5.41, 5.74) is 2.28. The molecule has 2 atom stereocenters. The van der Waals surface area contributed by atoms with E-state index in [1.54, 1.807) is 5.19 Å². The van der Waals surface area contributed by atoms with Crippen LogP contribution in [0.25, 0.3) is 0 Å². The Morgan fingerprint density at radius 3 is 1.65 bits per heavy atom. The number of hydrogen-bond acceptors (Lipinski definition) is 0. The highest BCUT2D eigenvalue weighted by Gasteiger charge is 2.36. The minimum atomic E-state index is -1.43. The van der Waals surface area contributed by atoms with Gasteiger partial charge in [0.1, 0.15) is 0 Å². The van der Waals surface area contributed by atoms with E-state index >= 15 is 0 Å². The number of benzene rings is 1. The molecule has 0 fully saturated rings. The average Bonchev–Trinajstić information content (AvgIpc) is 2.43. The fourth-order valence-electron chi connectivity index (χ4n) is 4.19. The number of hydrogen-bond donors (Lipinski definition) is 0. The molecule has 0 aromatic heterocycles. The van der Waals surface area contributed by atoms with Gasteiger partial charge in [0, 0.05) is 0 Å². The van der Waals surface area contributed by atoms with E-state index < -0.39 is 8.07 Å². The van der Waals surface area contributed by atoms with Crippen LogP contribution in [-0.4, -0.2) is 8.07 Å². The van der Waals surface area contributed by atoms with Gasteiger partial charge in [-0.2, -0.15) is 0 Å². The molecule has 0 heterocycles. The van der Waals surface area contributed by atoms with E-state index in [4.69, 9.17) is 0 Å². The lowest BCUT2D eigenvalue weighted by Crippen LogP contribution is -2.49. The van der Waals surface area contributed by atoms with Gasteiger partial charge in [-0.3, -0.25) is 0 Å². The molecule has 0 spiro atoms. The van der Waals surface area contributed by atoms with Gasteiger partial charge < -0.3 is 0 Å². The third kappa shape index (κ3) is 5.97. The lowest BCUT2D eigenvalue weighted by Gasteiger charge is -2.39. The van der Waals surface area contributed by atoms with Crippen molar-refractivity contribution in [1.29, 1.82) is 0 Å². The van der Waals surface area contributed by atoms with Gasteiger partial charge >= 0.3 is 0 Å². The van der Waals surface area contributed by atoms with Gasteiger partial charge in [-0.1, -0.05) is 112 Å². The zero-order valence-corrected chi connectivity index (χ0v) is 20.9. The van der Waals surface area contributed by atoms with Crippen molar-refractivity contribution < 1.29 is 0 Å². The Morgan fingerprint density at radius 2 is 1.27 bits per heavy atom. The normalized spacial score (nSPS) is 16.5. The third-order valence-electron chi connectivity index (χ3n) is 7.10. The van der Waals surface area contributed by atoms with E-state index in [-0.39, 0.29) is 0 Å². The lowest BCUT2D eigenvalue weighted by molar-refractivity contribution is 0.130. The second-order valence-electron chi connectivity index (χ2n) is 12.3. The first-order chi connectivity index (χ1) is 11.5. The Labute approximate surface area is 166 Å². The minimum absolute atomic E-state index is 0.383. The van der Waals surface area contributed by atoms with Crippen molar-refractivity contribution in [2.45, 2.75) is 106 Å². The molecule has 0 N–H and O–H groups in total. The van der Waals surface area contributed by atoms with Crippen LogP contribution in [0.5, 0.6) is 0 Å². The van der Waals surface area contributed by atoms with Crippen molar-refractivity contribution in [3.8, 4) is 0 Å². The van der Waals surface area contributed by atoms with Crippen LogP contribution in [0.15, 0.2) is 24.3 Å². The van der Waals surface area contributed by atoms with E-state index in [1.807, 2.05) is 0 Å². The summed E-state index contributed by atoms with van der Waals surface area (Å²) in [5.74, 6) is 1.34. The molecule has 0 nitrogen and oxygen atoms in total. The van der Waals surface area contributed by atoms with Crippen molar-refractivity contribution in [3.63, 3.8) is 0 Å². The molecular weight excluding hydrogens is 328 g/mol. The SMILES string of the molecule is CC(CC(C)C(C)(C)CC(C)(C)C)c1ccc([Si](C)(C)C(C)(C)C)cc1. The van der Waals surface area contributed by atoms with E-state index in [1.165, 1.54) is 18.4 Å². The van der Waals surface area contributed by atoms with Gasteiger partial charge in [0.2, 0.25) is 0 Å². The van der Waals surface area contributed by atoms with Crippen molar-refractivity contribution in [2.75, 3.05) is 0 Å². The quantitative estimate of drug-likeness (QED) is 0.442. The lowest BCUT2D eigenvalue weighted by atomic mass is 9.67. The first kappa shape index (κ1) is 23.5. The second-order valence-corrected chi connectivity index (χ2v) is 17.6. The third-order valence-corrected chi connectivity index (χ3v) is 12.6. The van der Waals surface area contributed by atoms with Crippen LogP contribution < -0.4 is 5.19 Å². The zero-order chi connectivity index (χ0) is 20.6. The molecule has 0 saturated heterocycles. The molecule has 1 aromatic rings. The molecule has 26 heavy (non-hydrogen) atoms. The standard InChI is InChI=1S/C25H46Si/c1-19(17-20(2)25(9,10)18-23(3,4)5)21-13-15-22(16-14-21)26(11,12)24(6,7)8/h13-16,19-20H,17-18H2,1-12H3. The van der Waals surface area contributed by atoms with Crippen LogP contribution in [0.3, 0.4) is 0 Å². The van der Waals surface area contributed by atoms with Crippen LogP contribution >= 0.6 is 0 Å². The van der Waals surface area contributed by atoms with Gasteiger partial charge in [-0.15, -0.1) is 0 Å².